The Morgan fingerprint density at radius 2 is 2.25 bits per heavy atom. The molecule has 0 aliphatic carbocycles. The van der Waals surface area contributed by atoms with Crippen molar-refractivity contribution in [3.05, 3.63) is 45.9 Å². The van der Waals surface area contributed by atoms with E-state index in [0.29, 0.717) is 17.8 Å². The standard InChI is InChI=1S/C13H15BrFN5/c1-19(6-8-5-18-20(2)7-8)10-4-3-9(13(16)17)11(14)12(10)15/h3-5,7H,6H2,1-2H3,(H3,16,17). The average molecular weight is 340 g/mol. The highest BCUT2D eigenvalue weighted by Gasteiger charge is 2.16. The van der Waals surface area contributed by atoms with Gasteiger partial charge in [-0.2, -0.15) is 5.10 Å². The SMILES string of the molecule is CN(Cc1cnn(C)c1)c1ccc(C(=N)N)c(Br)c1F. The summed E-state index contributed by atoms with van der Waals surface area (Å²) in [6, 6.07) is 3.25. The highest BCUT2D eigenvalue weighted by Crippen LogP contribution is 2.29. The van der Waals surface area contributed by atoms with Crippen LogP contribution in [-0.2, 0) is 13.6 Å². The second kappa shape index (κ2) is 5.62. The molecule has 1 aromatic carbocycles. The van der Waals surface area contributed by atoms with Crippen molar-refractivity contribution in [3.8, 4) is 0 Å². The highest BCUT2D eigenvalue weighted by atomic mass is 79.9. The van der Waals surface area contributed by atoms with Gasteiger partial charge < -0.3 is 10.6 Å². The molecular formula is C13H15BrFN5. The van der Waals surface area contributed by atoms with Crippen molar-refractivity contribution in [3.63, 3.8) is 0 Å². The highest BCUT2D eigenvalue weighted by molar-refractivity contribution is 9.10. The van der Waals surface area contributed by atoms with E-state index in [1.54, 1.807) is 35.0 Å². The number of nitrogens with two attached hydrogens (primary N) is 1. The Hall–Kier alpha value is -1.89. The minimum atomic E-state index is -0.427. The van der Waals surface area contributed by atoms with Gasteiger partial charge in [0.1, 0.15) is 5.84 Å². The largest absolute Gasteiger partial charge is 0.384 e. The van der Waals surface area contributed by atoms with Crippen LogP contribution in [0.5, 0.6) is 0 Å². The van der Waals surface area contributed by atoms with Gasteiger partial charge >= 0.3 is 0 Å². The third-order valence-electron chi connectivity index (χ3n) is 2.94. The molecule has 0 unspecified atom stereocenters. The number of nitrogens with one attached hydrogen (secondary N) is 1. The number of rotatable bonds is 4. The van der Waals surface area contributed by atoms with Gasteiger partial charge in [-0.05, 0) is 28.1 Å². The molecule has 106 valence electrons. The molecule has 0 amide bonds. The van der Waals surface area contributed by atoms with Crippen molar-refractivity contribution >= 4 is 27.5 Å². The maximum atomic E-state index is 14.3. The molecule has 0 atom stereocenters. The minimum absolute atomic E-state index is 0.169. The molecule has 3 N–H and O–H groups in total. The number of hydrogen-bond acceptors (Lipinski definition) is 3. The van der Waals surface area contributed by atoms with E-state index in [4.69, 9.17) is 11.1 Å². The monoisotopic (exact) mass is 339 g/mol. The Morgan fingerprint density at radius 1 is 1.55 bits per heavy atom. The summed E-state index contributed by atoms with van der Waals surface area (Å²) in [6.45, 7) is 0.538. The van der Waals surface area contributed by atoms with Crippen molar-refractivity contribution in [1.29, 1.82) is 5.41 Å². The van der Waals surface area contributed by atoms with Crippen LogP contribution in [0.4, 0.5) is 10.1 Å². The van der Waals surface area contributed by atoms with Crippen LogP contribution in [0.1, 0.15) is 11.1 Å². The molecule has 0 bridgehead atoms. The zero-order chi connectivity index (χ0) is 14.9. The Labute approximate surface area is 124 Å². The van der Waals surface area contributed by atoms with Gasteiger partial charge in [-0.3, -0.25) is 10.1 Å². The third-order valence-corrected chi connectivity index (χ3v) is 3.72. The van der Waals surface area contributed by atoms with E-state index in [0.717, 1.165) is 5.56 Å². The van der Waals surface area contributed by atoms with Gasteiger partial charge in [0.25, 0.3) is 0 Å². The quantitative estimate of drug-likeness (QED) is 0.662. The lowest BCUT2D eigenvalue weighted by atomic mass is 10.1. The number of anilines is 1. The van der Waals surface area contributed by atoms with Gasteiger partial charge in [0, 0.05) is 38.0 Å². The van der Waals surface area contributed by atoms with E-state index in [1.165, 1.54) is 0 Å². The first-order chi connectivity index (χ1) is 9.40. The van der Waals surface area contributed by atoms with Crippen LogP contribution in [-0.4, -0.2) is 22.7 Å². The average Bonchev–Trinajstić information content (AvgIpc) is 2.77. The molecule has 0 saturated carbocycles. The molecule has 2 rings (SSSR count). The van der Waals surface area contributed by atoms with Gasteiger partial charge in [-0.25, -0.2) is 4.39 Å². The van der Waals surface area contributed by atoms with Gasteiger partial charge in [0.15, 0.2) is 5.82 Å². The molecule has 5 nitrogen and oxygen atoms in total. The minimum Gasteiger partial charge on any atom is -0.384 e. The summed E-state index contributed by atoms with van der Waals surface area (Å²) >= 11 is 3.15. The van der Waals surface area contributed by atoms with Crippen LogP contribution in [0.2, 0.25) is 0 Å². The lowest BCUT2D eigenvalue weighted by molar-refractivity contribution is 0.615. The van der Waals surface area contributed by atoms with Gasteiger partial charge in [0.05, 0.1) is 16.4 Å². The van der Waals surface area contributed by atoms with E-state index in [9.17, 15) is 4.39 Å². The predicted molar refractivity (Wildman–Crippen MR) is 80.4 cm³/mol. The number of nitrogen functional groups attached to an aromatic ring is 1. The van der Waals surface area contributed by atoms with Crippen molar-refractivity contribution < 1.29 is 4.39 Å². The molecule has 0 spiro atoms. The van der Waals surface area contributed by atoms with E-state index in [2.05, 4.69) is 21.0 Å². The Kier molecular flexibility index (Phi) is 4.08. The molecule has 0 saturated heterocycles. The van der Waals surface area contributed by atoms with Crippen molar-refractivity contribution in [2.75, 3.05) is 11.9 Å². The first-order valence-electron chi connectivity index (χ1n) is 5.91. The van der Waals surface area contributed by atoms with Gasteiger partial charge in [-0.1, -0.05) is 0 Å². The lowest BCUT2D eigenvalue weighted by Gasteiger charge is -2.20. The van der Waals surface area contributed by atoms with Gasteiger partial charge in [-0.15, -0.1) is 0 Å². The van der Waals surface area contributed by atoms with E-state index < -0.39 is 5.82 Å². The molecule has 0 fully saturated rings. The number of nitrogens with zero attached hydrogens (tertiary/aromatic N) is 3. The summed E-state index contributed by atoms with van der Waals surface area (Å²) in [7, 11) is 3.63. The Bertz CT molecular complexity index is 652. The van der Waals surface area contributed by atoms with E-state index >= 15 is 0 Å². The molecular weight excluding hydrogens is 325 g/mol. The van der Waals surface area contributed by atoms with Crippen LogP contribution < -0.4 is 10.6 Å². The number of aryl methyl sites for hydroxylation is 1. The van der Waals surface area contributed by atoms with Gasteiger partial charge in [0.2, 0.25) is 0 Å². The first-order valence-corrected chi connectivity index (χ1v) is 6.70. The number of amidine groups is 1. The van der Waals surface area contributed by atoms with Crippen LogP contribution in [0.15, 0.2) is 29.0 Å². The molecule has 7 heteroatoms. The van der Waals surface area contributed by atoms with E-state index in [1.807, 2.05) is 13.2 Å². The zero-order valence-electron chi connectivity index (χ0n) is 11.2. The summed E-state index contributed by atoms with van der Waals surface area (Å²) in [4.78, 5) is 1.78. The maximum absolute atomic E-state index is 14.3. The number of aromatic nitrogens is 2. The Balaban J connectivity index is 2.28. The zero-order valence-corrected chi connectivity index (χ0v) is 12.8. The van der Waals surface area contributed by atoms with Crippen LogP contribution in [0.3, 0.4) is 0 Å². The summed E-state index contributed by atoms with van der Waals surface area (Å²) in [5.41, 5.74) is 7.17. The van der Waals surface area contributed by atoms with E-state index in [-0.39, 0.29) is 10.3 Å². The second-order valence-corrected chi connectivity index (χ2v) is 5.35. The predicted octanol–water partition coefficient (Wildman–Crippen LogP) is 2.24. The normalized spacial score (nSPS) is 10.6. The van der Waals surface area contributed by atoms with Crippen molar-refractivity contribution in [1.82, 2.24) is 9.78 Å². The van der Waals surface area contributed by atoms with Crippen molar-refractivity contribution in [2.24, 2.45) is 12.8 Å². The fraction of sp³-hybridized carbons (Fsp3) is 0.231. The smallest absolute Gasteiger partial charge is 0.161 e. The van der Waals surface area contributed by atoms with Crippen molar-refractivity contribution in [2.45, 2.75) is 6.54 Å². The lowest BCUT2D eigenvalue weighted by Crippen LogP contribution is -2.19. The topological polar surface area (TPSA) is 70.9 Å². The summed E-state index contributed by atoms with van der Waals surface area (Å²) in [5.74, 6) is -0.596. The fourth-order valence-electron chi connectivity index (χ4n) is 1.95. The molecule has 1 heterocycles. The molecule has 0 aliphatic heterocycles. The fourth-order valence-corrected chi connectivity index (χ4v) is 2.50. The summed E-state index contributed by atoms with van der Waals surface area (Å²) in [5, 5.41) is 11.5. The second-order valence-electron chi connectivity index (χ2n) is 4.55. The molecule has 0 radical (unpaired) electrons. The van der Waals surface area contributed by atoms with Crippen LogP contribution in [0, 0.1) is 11.2 Å². The third kappa shape index (κ3) is 2.82. The summed E-state index contributed by atoms with van der Waals surface area (Å²) in [6.07, 6.45) is 3.63. The molecule has 20 heavy (non-hydrogen) atoms. The maximum Gasteiger partial charge on any atom is 0.161 e. The number of halogens is 2. The molecule has 0 aliphatic rings. The molecule has 1 aromatic heterocycles. The molecule has 2 aromatic rings. The Morgan fingerprint density at radius 3 is 2.80 bits per heavy atom. The van der Waals surface area contributed by atoms with Crippen LogP contribution in [0.25, 0.3) is 0 Å². The number of hydrogen-bond donors (Lipinski definition) is 2. The number of benzene rings is 1. The van der Waals surface area contributed by atoms with Crippen LogP contribution >= 0.6 is 15.9 Å². The summed E-state index contributed by atoms with van der Waals surface area (Å²) < 4.78 is 16.2. The first kappa shape index (κ1) is 14.5.